The van der Waals surface area contributed by atoms with Crippen LogP contribution < -0.4 is 5.32 Å². The summed E-state index contributed by atoms with van der Waals surface area (Å²) >= 11 is 0. The van der Waals surface area contributed by atoms with Crippen LogP contribution in [0, 0.1) is 0 Å². The molecule has 0 spiro atoms. The summed E-state index contributed by atoms with van der Waals surface area (Å²) in [5, 5.41) is 18.6. The average Bonchev–Trinajstić information content (AvgIpc) is 2.56. The van der Waals surface area contributed by atoms with Crippen LogP contribution in [0.15, 0.2) is 0 Å². The van der Waals surface area contributed by atoms with Gasteiger partial charge in [0.15, 0.2) is 0 Å². The topological polar surface area (TPSA) is 150 Å². The molecular weight excluding hydrogens is 252 g/mol. The number of hydroxylamine groups is 2. The highest BCUT2D eigenvalue weighted by molar-refractivity contribution is 6.02. The highest BCUT2D eigenvalue weighted by Crippen LogP contribution is 2.11. The molecule has 98 valence electrons. The molecule has 1 aliphatic rings. The Morgan fingerprint density at radius 3 is 1.94 bits per heavy atom. The molecule has 1 heterocycles. The first-order chi connectivity index (χ1) is 8.32. The number of aliphatic carboxylic acids is 2. The van der Waals surface area contributed by atoms with Crippen molar-refractivity contribution in [3.05, 3.63) is 0 Å². The van der Waals surface area contributed by atoms with Crippen molar-refractivity contribution in [2.45, 2.75) is 18.9 Å². The molecule has 0 atom stereocenters. The van der Waals surface area contributed by atoms with Crippen molar-refractivity contribution in [1.82, 2.24) is 10.4 Å². The zero-order chi connectivity index (χ0) is 13.9. The molecule has 3 N–H and O–H groups in total. The van der Waals surface area contributed by atoms with Gasteiger partial charge in [0.25, 0.3) is 11.8 Å². The monoisotopic (exact) mass is 260 g/mol. The van der Waals surface area contributed by atoms with E-state index in [9.17, 15) is 24.0 Å². The van der Waals surface area contributed by atoms with E-state index in [0.717, 1.165) is 0 Å². The largest absolute Gasteiger partial charge is 0.479 e. The number of carboxylic acid groups (broad SMARTS) is 2. The molecule has 0 unspecified atom stereocenters. The molecule has 1 fully saturated rings. The highest BCUT2D eigenvalue weighted by Gasteiger charge is 2.35. The summed E-state index contributed by atoms with van der Waals surface area (Å²) in [6, 6.07) is -2.23. The smallest absolute Gasteiger partial charge is 0.433 e. The van der Waals surface area contributed by atoms with Gasteiger partial charge in [0, 0.05) is 12.8 Å². The lowest BCUT2D eigenvalue weighted by Gasteiger charge is -2.14. The Morgan fingerprint density at radius 2 is 1.56 bits per heavy atom. The summed E-state index contributed by atoms with van der Waals surface area (Å²) in [4.78, 5) is 58.3. The summed E-state index contributed by atoms with van der Waals surface area (Å²) in [6.45, 7) is 0. The SMILES string of the molecule is O=C(NC(C(=O)O)C(=O)O)ON1C(=O)CCC1=O. The van der Waals surface area contributed by atoms with Gasteiger partial charge in [-0.15, -0.1) is 5.06 Å². The third kappa shape index (κ3) is 2.93. The van der Waals surface area contributed by atoms with Crippen molar-refractivity contribution >= 4 is 29.8 Å². The molecule has 0 aliphatic carbocycles. The number of nitrogens with one attached hydrogen (secondary N) is 1. The summed E-state index contributed by atoms with van der Waals surface area (Å²) in [5.74, 6) is -5.17. The van der Waals surface area contributed by atoms with Gasteiger partial charge in [-0.3, -0.25) is 14.9 Å². The number of carboxylic acids is 2. The fraction of sp³-hybridized carbons (Fsp3) is 0.375. The second kappa shape index (κ2) is 5.12. The Labute approximate surface area is 99.1 Å². The van der Waals surface area contributed by atoms with Gasteiger partial charge in [-0.2, -0.15) is 0 Å². The maximum atomic E-state index is 11.1. The second-order valence-corrected chi connectivity index (χ2v) is 3.21. The van der Waals surface area contributed by atoms with Crippen molar-refractivity contribution in [2.24, 2.45) is 0 Å². The molecule has 1 rings (SSSR count). The van der Waals surface area contributed by atoms with Gasteiger partial charge in [-0.05, 0) is 0 Å². The van der Waals surface area contributed by atoms with Crippen LogP contribution in [-0.4, -0.2) is 51.2 Å². The van der Waals surface area contributed by atoms with Gasteiger partial charge >= 0.3 is 18.0 Å². The number of rotatable bonds is 4. The van der Waals surface area contributed by atoms with E-state index in [2.05, 4.69) is 4.84 Å². The molecule has 1 aliphatic heterocycles. The van der Waals surface area contributed by atoms with Crippen LogP contribution in [0.2, 0.25) is 0 Å². The Morgan fingerprint density at radius 1 is 1.11 bits per heavy atom. The third-order valence-corrected chi connectivity index (χ3v) is 1.94. The number of carbonyl (C=O) groups excluding carboxylic acids is 3. The first-order valence-corrected chi connectivity index (χ1v) is 4.62. The summed E-state index contributed by atoms with van der Waals surface area (Å²) in [6.07, 6.45) is -1.78. The maximum absolute atomic E-state index is 11.1. The van der Waals surface area contributed by atoms with Crippen molar-refractivity contribution < 1.29 is 39.0 Å². The van der Waals surface area contributed by atoms with Gasteiger partial charge in [0.05, 0.1) is 0 Å². The molecule has 18 heavy (non-hydrogen) atoms. The predicted octanol–water partition coefficient (Wildman–Crippen LogP) is -1.69. The average molecular weight is 260 g/mol. The van der Waals surface area contributed by atoms with E-state index in [1.807, 2.05) is 0 Å². The molecule has 0 aromatic carbocycles. The maximum Gasteiger partial charge on any atom is 0.433 e. The molecule has 3 amide bonds. The predicted molar refractivity (Wildman–Crippen MR) is 49.8 cm³/mol. The molecule has 0 bridgehead atoms. The van der Waals surface area contributed by atoms with Gasteiger partial charge in [-0.25, -0.2) is 14.4 Å². The zero-order valence-electron chi connectivity index (χ0n) is 8.78. The van der Waals surface area contributed by atoms with Gasteiger partial charge in [0.2, 0.25) is 6.04 Å². The van der Waals surface area contributed by atoms with Crippen molar-refractivity contribution in [3.63, 3.8) is 0 Å². The second-order valence-electron chi connectivity index (χ2n) is 3.21. The van der Waals surface area contributed by atoms with Crippen LogP contribution in [0.5, 0.6) is 0 Å². The van der Waals surface area contributed by atoms with E-state index in [1.54, 1.807) is 0 Å². The standard InChI is InChI=1S/C8H8N2O8/c11-3-1-2-4(12)10(3)18-8(17)9-5(6(13)14)7(15)16/h5H,1-2H2,(H,9,17)(H,13,14)(H,15,16). The molecule has 0 radical (unpaired) electrons. The number of hydrogen-bond donors (Lipinski definition) is 3. The summed E-state index contributed by atoms with van der Waals surface area (Å²) < 4.78 is 0. The number of imide groups is 1. The number of nitrogens with zero attached hydrogens (tertiary/aromatic N) is 1. The Kier molecular flexibility index (Phi) is 3.82. The lowest BCUT2D eigenvalue weighted by Crippen LogP contribution is -2.48. The van der Waals surface area contributed by atoms with Crippen LogP contribution >= 0.6 is 0 Å². The Hall–Kier alpha value is -2.65. The molecule has 10 nitrogen and oxygen atoms in total. The number of amides is 3. The number of carbonyl (C=O) groups is 5. The van der Waals surface area contributed by atoms with Crippen LogP contribution in [-0.2, 0) is 24.0 Å². The van der Waals surface area contributed by atoms with E-state index < -0.39 is 35.9 Å². The first kappa shape index (κ1) is 13.4. The normalized spacial score (nSPS) is 14.8. The first-order valence-electron chi connectivity index (χ1n) is 4.62. The van der Waals surface area contributed by atoms with Gasteiger partial charge < -0.3 is 15.1 Å². The molecule has 0 saturated carbocycles. The minimum atomic E-state index is -2.23. The molecule has 0 aromatic rings. The molecule has 1 saturated heterocycles. The van der Waals surface area contributed by atoms with Crippen molar-refractivity contribution in [1.29, 1.82) is 0 Å². The quantitative estimate of drug-likeness (QED) is 0.400. The van der Waals surface area contributed by atoms with E-state index in [-0.39, 0.29) is 17.9 Å². The Balaban J connectivity index is 2.61. The Bertz CT molecular complexity index is 395. The molecule has 10 heteroatoms. The van der Waals surface area contributed by atoms with Gasteiger partial charge in [0.1, 0.15) is 0 Å². The highest BCUT2D eigenvalue weighted by atomic mass is 16.7. The number of hydrogen-bond acceptors (Lipinski definition) is 6. The van der Waals surface area contributed by atoms with E-state index >= 15 is 0 Å². The molecular formula is C8H8N2O8. The zero-order valence-corrected chi connectivity index (χ0v) is 8.78. The minimum Gasteiger partial charge on any atom is -0.479 e. The van der Waals surface area contributed by atoms with Crippen LogP contribution in [0.25, 0.3) is 0 Å². The lowest BCUT2D eigenvalue weighted by atomic mass is 10.3. The van der Waals surface area contributed by atoms with E-state index in [1.165, 1.54) is 5.32 Å². The minimum absolute atomic E-state index is 0.132. The fourth-order valence-corrected chi connectivity index (χ4v) is 1.11. The summed E-state index contributed by atoms with van der Waals surface area (Å²) in [7, 11) is 0. The van der Waals surface area contributed by atoms with Gasteiger partial charge in [-0.1, -0.05) is 0 Å². The van der Waals surface area contributed by atoms with Crippen molar-refractivity contribution in [3.8, 4) is 0 Å². The van der Waals surface area contributed by atoms with Crippen LogP contribution in [0.4, 0.5) is 4.79 Å². The third-order valence-electron chi connectivity index (χ3n) is 1.94. The van der Waals surface area contributed by atoms with E-state index in [0.29, 0.717) is 0 Å². The summed E-state index contributed by atoms with van der Waals surface area (Å²) in [5.41, 5.74) is 0. The fourth-order valence-electron chi connectivity index (χ4n) is 1.11. The van der Waals surface area contributed by atoms with Crippen LogP contribution in [0.3, 0.4) is 0 Å². The lowest BCUT2D eigenvalue weighted by molar-refractivity contribution is -0.171. The van der Waals surface area contributed by atoms with E-state index in [4.69, 9.17) is 10.2 Å². The van der Waals surface area contributed by atoms with Crippen molar-refractivity contribution in [2.75, 3.05) is 0 Å². The molecule has 0 aromatic heterocycles. The van der Waals surface area contributed by atoms with Crippen LogP contribution in [0.1, 0.15) is 12.8 Å².